The van der Waals surface area contributed by atoms with Crippen molar-refractivity contribution in [3.05, 3.63) is 12.3 Å². The standard InChI is InChI=1S/C26H50O6/c1-3-4-5-6-7-8-9-10-11-12-13-14-15-16-17-19-22-25(2)27-29-31-32-30-28-26-23-20-18-21-24-26/h26H,2-24H2,1H3. The molecule has 190 valence electrons. The van der Waals surface area contributed by atoms with Crippen LogP contribution >= 0.6 is 0 Å². The fourth-order valence-corrected chi connectivity index (χ4v) is 4.23. The lowest BCUT2D eigenvalue weighted by molar-refractivity contribution is -0.756. The maximum atomic E-state index is 5.05. The molecule has 1 aliphatic carbocycles. The van der Waals surface area contributed by atoms with E-state index in [0.29, 0.717) is 5.76 Å². The van der Waals surface area contributed by atoms with Crippen LogP contribution in [-0.2, 0) is 29.9 Å². The third-order valence-corrected chi connectivity index (χ3v) is 6.27. The molecule has 0 atom stereocenters. The van der Waals surface area contributed by atoms with E-state index in [0.717, 1.165) is 38.5 Å². The Balaban J connectivity index is 1.70. The minimum Gasteiger partial charge on any atom is -0.311 e. The summed E-state index contributed by atoms with van der Waals surface area (Å²) < 4.78 is 0. The quantitative estimate of drug-likeness (QED) is 0.0622. The molecule has 0 amide bonds. The highest BCUT2D eigenvalue weighted by Gasteiger charge is 2.15. The zero-order valence-electron chi connectivity index (χ0n) is 20.8. The van der Waals surface area contributed by atoms with Crippen LogP contribution < -0.4 is 0 Å². The van der Waals surface area contributed by atoms with Crippen molar-refractivity contribution < 1.29 is 29.9 Å². The maximum absolute atomic E-state index is 5.05. The highest BCUT2D eigenvalue weighted by molar-refractivity contribution is 4.79. The van der Waals surface area contributed by atoms with Gasteiger partial charge in [-0.1, -0.05) is 129 Å². The largest absolute Gasteiger partial charge is 0.311 e. The molecule has 32 heavy (non-hydrogen) atoms. The molecule has 1 fully saturated rings. The van der Waals surface area contributed by atoms with Gasteiger partial charge in [0.15, 0.2) is 0 Å². The van der Waals surface area contributed by atoms with Crippen LogP contribution in [-0.4, -0.2) is 6.10 Å². The first-order valence-corrected chi connectivity index (χ1v) is 13.5. The average molecular weight is 459 g/mol. The fourth-order valence-electron chi connectivity index (χ4n) is 4.23. The van der Waals surface area contributed by atoms with Crippen LogP contribution in [0.3, 0.4) is 0 Å². The zero-order valence-corrected chi connectivity index (χ0v) is 20.8. The molecule has 0 N–H and O–H groups in total. The van der Waals surface area contributed by atoms with Crippen LogP contribution in [0, 0.1) is 0 Å². The van der Waals surface area contributed by atoms with Gasteiger partial charge in [0.2, 0.25) is 0 Å². The van der Waals surface area contributed by atoms with Gasteiger partial charge < -0.3 is 4.89 Å². The van der Waals surface area contributed by atoms with Gasteiger partial charge in [0.25, 0.3) is 0 Å². The van der Waals surface area contributed by atoms with Crippen molar-refractivity contribution in [2.45, 2.75) is 154 Å². The third kappa shape index (κ3) is 20.0. The number of allylic oxidation sites excluding steroid dienone is 1. The first-order valence-electron chi connectivity index (χ1n) is 13.5. The second-order valence-corrected chi connectivity index (χ2v) is 9.30. The predicted octanol–water partition coefficient (Wildman–Crippen LogP) is 9.16. The summed E-state index contributed by atoms with van der Waals surface area (Å²) in [6.07, 6.45) is 27.9. The number of hydrogen-bond donors (Lipinski definition) is 0. The van der Waals surface area contributed by atoms with E-state index < -0.39 is 0 Å². The summed E-state index contributed by atoms with van der Waals surface area (Å²) in [5.74, 6) is 0.507. The smallest absolute Gasteiger partial charge is 0.138 e. The summed E-state index contributed by atoms with van der Waals surface area (Å²) in [6, 6.07) is 0. The molecule has 6 nitrogen and oxygen atoms in total. The Morgan fingerprint density at radius 1 is 0.594 bits per heavy atom. The molecule has 0 unspecified atom stereocenters. The molecule has 0 radical (unpaired) electrons. The topological polar surface area (TPSA) is 55.4 Å². The summed E-state index contributed by atoms with van der Waals surface area (Å²) in [5.41, 5.74) is 0. The van der Waals surface area contributed by atoms with Crippen LogP contribution in [0.2, 0.25) is 0 Å². The van der Waals surface area contributed by atoms with Gasteiger partial charge in [0.1, 0.15) is 5.76 Å². The second-order valence-electron chi connectivity index (χ2n) is 9.30. The molecular formula is C26H50O6. The average Bonchev–Trinajstić information content (AvgIpc) is 2.81. The zero-order chi connectivity index (χ0) is 23.0. The first kappa shape index (κ1) is 29.4. The van der Waals surface area contributed by atoms with Gasteiger partial charge in [-0.3, -0.25) is 0 Å². The second kappa shape index (κ2) is 23.5. The van der Waals surface area contributed by atoms with Crippen molar-refractivity contribution in [1.82, 2.24) is 0 Å². The molecule has 6 heteroatoms. The molecule has 1 saturated carbocycles. The van der Waals surface area contributed by atoms with Crippen molar-refractivity contribution in [1.29, 1.82) is 0 Å². The Kier molecular flexibility index (Phi) is 21.6. The molecule has 0 aromatic carbocycles. The number of unbranched alkanes of at least 4 members (excludes halogenated alkanes) is 15. The molecule has 1 aliphatic rings. The summed E-state index contributed by atoms with van der Waals surface area (Å²) in [4.78, 5) is 9.93. The van der Waals surface area contributed by atoms with Crippen LogP contribution in [0.5, 0.6) is 0 Å². The van der Waals surface area contributed by atoms with E-state index in [2.05, 4.69) is 33.7 Å². The number of rotatable bonds is 24. The molecule has 0 spiro atoms. The molecule has 0 aromatic rings. The van der Waals surface area contributed by atoms with E-state index in [-0.39, 0.29) is 6.10 Å². The summed E-state index contributed by atoms with van der Waals surface area (Å²) in [6.45, 7) is 6.08. The van der Waals surface area contributed by atoms with Crippen molar-refractivity contribution in [3.63, 3.8) is 0 Å². The normalized spacial score (nSPS) is 14.7. The first-order chi connectivity index (χ1) is 15.8. The van der Waals surface area contributed by atoms with Crippen LogP contribution in [0.15, 0.2) is 12.3 Å². The Morgan fingerprint density at radius 3 is 1.59 bits per heavy atom. The van der Waals surface area contributed by atoms with Crippen molar-refractivity contribution in [2.24, 2.45) is 0 Å². The lowest BCUT2D eigenvalue weighted by Crippen LogP contribution is -2.17. The van der Waals surface area contributed by atoms with E-state index in [1.165, 1.54) is 103 Å². The summed E-state index contributed by atoms with van der Waals surface area (Å²) >= 11 is 0. The van der Waals surface area contributed by atoms with Gasteiger partial charge in [-0.15, -0.1) is 0 Å². The monoisotopic (exact) mass is 458 g/mol. The molecule has 0 heterocycles. The molecule has 0 bridgehead atoms. The van der Waals surface area contributed by atoms with E-state index in [1.807, 2.05) is 0 Å². The van der Waals surface area contributed by atoms with Crippen molar-refractivity contribution >= 4 is 0 Å². The van der Waals surface area contributed by atoms with Crippen molar-refractivity contribution in [3.8, 4) is 0 Å². The fraction of sp³-hybridized carbons (Fsp3) is 0.923. The van der Waals surface area contributed by atoms with Gasteiger partial charge in [0, 0.05) is 16.5 Å². The highest BCUT2D eigenvalue weighted by atomic mass is 17.8. The van der Waals surface area contributed by atoms with Crippen molar-refractivity contribution in [2.75, 3.05) is 0 Å². The Labute approximate surface area is 196 Å². The summed E-state index contributed by atoms with van der Waals surface area (Å²) in [5, 5.41) is 17.5. The SMILES string of the molecule is C=C(CCCCCCCCCCCCCCCCCC)OOOOOOC1CCCCC1. The predicted molar refractivity (Wildman–Crippen MR) is 127 cm³/mol. The van der Waals surface area contributed by atoms with E-state index in [1.54, 1.807) is 0 Å². The Morgan fingerprint density at radius 2 is 1.06 bits per heavy atom. The lowest BCUT2D eigenvalue weighted by atomic mass is 9.98. The van der Waals surface area contributed by atoms with E-state index >= 15 is 0 Å². The van der Waals surface area contributed by atoms with Gasteiger partial charge >= 0.3 is 0 Å². The van der Waals surface area contributed by atoms with Crippen LogP contribution in [0.25, 0.3) is 0 Å². The summed E-state index contributed by atoms with van der Waals surface area (Å²) in [7, 11) is 0. The van der Waals surface area contributed by atoms with E-state index in [9.17, 15) is 0 Å². The molecule has 0 aromatic heterocycles. The van der Waals surface area contributed by atoms with Gasteiger partial charge in [0.05, 0.1) is 6.10 Å². The van der Waals surface area contributed by atoms with Crippen LogP contribution in [0.4, 0.5) is 0 Å². The van der Waals surface area contributed by atoms with Gasteiger partial charge in [-0.2, -0.15) is 0 Å². The minimum absolute atomic E-state index is 0.0538. The lowest BCUT2D eigenvalue weighted by Gasteiger charge is -2.18. The Bertz CT molecular complexity index is 398. The molecule has 0 aliphatic heterocycles. The highest BCUT2D eigenvalue weighted by Crippen LogP contribution is 2.20. The maximum Gasteiger partial charge on any atom is 0.138 e. The molecule has 0 saturated heterocycles. The van der Waals surface area contributed by atoms with Gasteiger partial charge in [-0.25, -0.2) is 4.89 Å². The molecular weight excluding hydrogens is 408 g/mol. The minimum atomic E-state index is 0.0538. The van der Waals surface area contributed by atoms with E-state index in [4.69, 9.17) is 9.78 Å². The van der Waals surface area contributed by atoms with Gasteiger partial charge in [-0.05, 0) is 29.3 Å². The molecule has 1 rings (SSSR count). The van der Waals surface area contributed by atoms with Crippen LogP contribution in [0.1, 0.15) is 148 Å². The third-order valence-electron chi connectivity index (χ3n) is 6.27. The Hall–Kier alpha value is -0.660. The number of hydrogen-bond acceptors (Lipinski definition) is 6.